The molecule has 1 aromatic rings. The number of esters is 1. The molecule has 18 heavy (non-hydrogen) atoms. The van der Waals surface area contributed by atoms with Crippen molar-refractivity contribution in [2.24, 2.45) is 0 Å². The summed E-state index contributed by atoms with van der Waals surface area (Å²) in [6.07, 6.45) is 6.59. The zero-order valence-corrected chi connectivity index (χ0v) is 10.2. The number of ether oxygens (including phenoxy) is 1. The first-order valence-electron chi connectivity index (χ1n) is 6.10. The van der Waals surface area contributed by atoms with Crippen LogP contribution in [0.15, 0.2) is 36.4 Å². The minimum Gasteiger partial charge on any atom is -0.465 e. The first-order valence-corrected chi connectivity index (χ1v) is 6.10. The van der Waals surface area contributed by atoms with E-state index in [0.29, 0.717) is 5.56 Å². The Kier molecular flexibility index (Phi) is 2.80. The number of methoxy groups -OCH3 is 1. The number of carbonyl (C=O) groups excluding carboxylic acids is 1. The molecular weight excluding hydrogens is 230 g/mol. The number of nitrogens with zero attached hydrogens (tertiary/aromatic N) is 1. The predicted molar refractivity (Wildman–Crippen MR) is 67.3 cm³/mol. The highest BCUT2D eigenvalue weighted by atomic mass is 16.7. The van der Waals surface area contributed by atoms with Crippen LogP contribution in [0.3, 0.4) is 0 Å². The molecule has 3 aliphatic rings. The average molecular weight is 245 g/mol. The molecule has 0 amide bonds. The van der Waals surface area contributed by atoms with Gasteiger partial charge in [0.25, 0.3) is 0 Å². The molecule has 0 aromatic heterocycles. The second-order valence-electron chi connectivity index (χ2n) is 4.54. The van der Waals surface area contributed by atoms with Crippen LogP contribution >= 0.6 is 0 Å². The monoisotopic (exact) mass is 245 g/mol. The van der Waals surface area contributed by atoms with Crippen LogP contribution in [0, 0.1) is 0 Å². The minimum absolute atomic E-state index is 0.164. The van der Waals surface area contributed by atoms with Crippen LogP contribution in [0.25, 0.3) is 0 Å². The standard InChI is InChI=1S/C14H15NO3/c1-17-14(16)10-3-2-4-12(9-10)15-11-5-7-13(18-15)8-6-11/h2-5,7,9,11,13H,6,8H2,1H3. The van der Waals surface area contributed by atoms with Crippen LogP contribution in [0.5, 0.6) is 0 Å². The van der Waals surface area contributed by atoms with E-state index in [0.717, 1.165) is 18.5 Å². The molecule has 2 heterocycles. The van der Waals surface area contributed by atoms with E-state index >= 15 is 0 Å². The zero-order valence-electron chi connectivity index (χ0n) is 10.2. The van der Waals surface area contributed by atoms with E-state index < -0.39 is 0 Å². The molecule has 0 saturated carbocycles. The number of hydrogen-bond acceptors (Lipinski definition) is 4. The molecule has 94 valence electrons. The van der Waals surface area contributed by atoms with Crippen molar-refractivity contribution in [3.63, 3.8) is 0 Å². The second kappa shape index (κ2) is 4.46. The lowest BCUT2D eigenvalue weighted by Gasteiger charge is -2.41. The van der Waals surface area contributed by atoms with E-state index in [-0.39, 0.29) is 18.1 Å². The zero-order chi connectivity index (χ0) is 12.5. The summed E-state index contributed by atoms with van der Waals surface area (Å²) in [5.41, 5.74) is 1.45. The summed E-state index contributed by atoms with van der Waals surface area (Å²) in [7, 11) is 1.39. The predicted octanol–water partition coefficient (Wildman–Crippen LogP) is 2.31. The van der Waals surface area contributed by atoms with Gasteiger partial charge in [-0.25, -0.2) is 9.86 Å². The van der Waals surface area contributed by atoms with Gasteiger partial charge in [0.15, 0.2) is 0 Å². The molecule has 4 rings (SSSR count). The van der Waals surface area contributed by atoms with Gasteiger partial charge in [0.1, 0.15) is 6.10 Å². The molecule has 2 bridgehead atoms. The van der Waals surface area contributed by atoms with E-state index in [2.05, 4.69) is 12.2 Å². The van der Waals surface area contributed by atoms with Crippen LogP contribution in [0.1, 0.15) is 23.2 Å². The molecule has 0 radical (unpaired) electrons. The van der Waals surface area contributed by atoms with Crippen LogP contribution in [0.2, 0.25) is 0 Å². The summed E-state index contributed by atoms with van der Waals surface area (Å²) in [6, 6.07) is 7.61. The molecule has 0 N–H and O–H groups in total. The minimum atomic E-state index is -0.324. The van der Waals surface area contributed by atoms with Crippen molar-refractivity contribution in [2.75, 3.05) is 12.2 Å². The summed E-state index contributed by atoms with van der Waals surface area (Å²) in [5.74, 6) is -0.324. The number of hydroxylamine groups is 1. The van der Waals surface area contributed by atoms with E-state index in [4.69, 9.17) is 9.57 Å². The Bertz CT molecular complexity index is 498. The molecule has 2 unspecified atom stereocenters. The Morgan fingerprint density at radius 3 is 2.89 bits per heavy atom. The maximum atomic E-state index is 11.5. The molecule has 1 aliphatic carbocycles. The van der Waals surface area contributed by atoms with Crippen molar-refractivity contribution in [3.05, 3.63) is 42.0 Å². The summed E-state index contributed by atoms with van der Waals surface area (Å²) >= 11 is 0. The summed E-state index contributed by atoms with van der Waals surface area (Å²) < 4.78 is 4.73. The van der Waals surface area contributed by atoms with Gasteiger partial charge in [-0.3, -0.25) is 4.84 Å². The van der Waals surface area contributed by atoms with Crippen molar-refractivity contribution < 1.29 is 14.4 Å². The van der Waals surface area contributed by atoms with Crippen molar-refractivity contribution in [1.82, 2.24) is 0 Å². The van der Waals surface area contributed by atoms with Gasteiger partial charge in [0.05, 0.1) is 24.4 Å². The Hall–Kier alpha value is -1.81. The van der Waals surface area contributed by atoms with Crippen LogP contribution < -0.4 is 5.06 Å². The molecule has 0 spiro atoms. The SMILES string of the molecule is COC(=O)c1cccc(N2OC3C=CC2CC3)c1. The Balaban J connectivity index is 1.89. The van der Waals surface area contributed by atoms with E-state index in [1.165, 1.54) is 7.11 Å². The van der Waals surface area contributed by atoms with Gasteiger partial charge in [0.2, 0.25) is 0 Å². The van der Waals surface area contributed by atoms with Crippen LogP contribution in [-0.4, -0.2) is 25.2 Å². The Labute approximate surface area is 106 Å². The highest BCUT2D eigenvalue weighted by molar-refractivity contribution is 5.90. The fourth-order valence-electron chi connectivity index (χ4n) is 2.43. The summed E-state index contributed by atoms with van der Waals surface area (Å²) in [4.78, 5) is 17.3. The maximum Gasteiger partial charge on any atom is 0.337 e. The third kappa shape index (κ3) is 1.88. The van der Waals surface area contributed by atoms with Gasteiger partial charge >= 0.3 is 5.97 Å². The fraction of sp³-hybridized carbons (Fsp3) is 0.357. The van der Waals surface area contributed by atoms with Gasteiger partial charge in [0, 0.05) is 0 Å². The number of rotatable bonds is 2. The molecule has 2 aliphatic heterocycles. The van der Waals surface area contributed by atoms with Crippen molar-refractivity contribution >= 4 is 11.7 Å². The number of fused-ring (bicyclic) bond motifs is 2. The van der Waals surface area contributed by atoms with Crippen molar-refractivity contribution in [1.29, 1.82) is 0 Å². The van der Waals surface area contributed by atoms with Gasteiger partial charge in [-0.15, -0.1) is 0 Å². The first-order chi connectivity index (χ1) is 8.78. The van der Waals surface area contributed by atoms with Crippen molar-refractivity contribution in [3.8, 4) is 0 Å². The smallest absolute Gasteiger partial charge is 0.337 e. The third-order valence-electron chi connectivity index (χ3n) is 3.37. The largest absolute Gasteiger partial charge is 0.465 e. The topological polar surface area (TPSA) is 38.8 Å². The van der Waals surface area contributed by atoms with E-state index in [1.54, 1.807) is 12.1 Å². The molecule has 4 heteroatoms. The number of anilines is 1. The molecule has 4 nitrogen and oxygen atoms in total. The highest BCUT2D eigenvalue weighted by Gasteiger charge is 2.31. The normalized spacial score (nSPS) is 25.3. The second-order valence-corrected chi connectivity index (χ2v) is 4.54. The highest BCUT2D eigenvalue weighted by Crippen LogP contribution is 2.32. The number of hydrogen-bond donors (Lipinski definition) is 0. The third-order valence-corrected chi connectivity index (χ3v) is 3.37. The lowest BCUT2D eigenvalue weighted by Crippen LogP contribution is -2.45. The van der Waals surface area contributed by atoms with Crippen LogP contribution in [-0.2, 0) is 9.57 Å². The molecular formula is C14H15NO3. The van der Waals surface area contributed by atoms with Gasteiger partial charge in [-0.2, -0.15) is 0 Å². The number of benzene rings is 1. The quantitative estimate of drug-likeness (QED) is 0.592. The van der Waals surface area contributed by atoms with E-state index in [1.807, 2.05) is 17.2 Å². The van der Waals surface area contributed by atoms with Gasteiger partial charge in [-0.1, -0.05) is 18.2 Å². The molecule has 1 saturated heterocycles. The number of carbonyl (C=O) groups is 1. The van der Waals surface area contributed by atoms with Gasteiger partial charge in [-0.05, 0) is 31.0 Å². The van der Waals surface area contributed by atoms with Crippen molar-refractivity contribution in [2.45, 2.75) is 25.0 Å². The lowest BCUT2D eigenvalue weighted by atomic mass is 9.98. The molecule has 1 fully saturated rings. The van der Waals surface area contributed by atoms with Crippen LogP contribution in [0.4, 0.5) is 5.69 Å². The molecule has 1 aromatic carbocycles. The van der Waals surface area contributed by atoms with E-state index in [9.17, 15) is 4.79 Å². The fourth-order valence-corrected chi connectivity index (χ4v) is 2.43. The van der Waals surface area contributed by atoms with Gasteiger partial charge < -0.3 is 4.74 Å². The summed E-state index contributed by atoms with van der Waals surface area (Å²) in [6.45, 7) is 0. The summed E-state index contributed by atoms with van der Waals surface area (Å²) in [5, 5.41) is 1.89. The molecule has 2 atom stereocenters. The Morgan fingerprint density at radius 1 is 1.39 bits per heavy atom. The lowest BCUT2D eigenvalue weighted by molar-refractivity contribution is 0.00350. The average Bonchev–Trinajstić information content (AvgIpc) is 2.47. The Morgan fingerprint density at radius 2 is 2.28 bits per heavy atom. The first kappa shape index (κ1) is 11.3. The maximum absolute atomic E-state index is 11.5.